The highest BCUT2D eigenvalue weighted by atomic mass is 19.1. The molecule has 0 fully saturated rings. The largest absolute Gasteiger partial charge is 0.454 e. The Kier molecular flexibility index (Phi) is 3.98. The Balaban J connectivity index is 2.22. The van der Waals surface area contributed by atoms with Gasteiger partial charge in [0.2, 0.25) is 0 Å². The van der Waals surface area contributed by atoms with Crippen LogP contribution >= 0.6 is 0 Å². The van der Waals surface area contributed by atoms with Gasteiger partial charge in [0.25, 0.3) is 0 Å². The van der Waals surface area contributed by atoms with Gasteiger partial charge in [-0.25, -0.2) is 4.39 Å². The first-order valence-corrected chi connectivity index (χ1v) is 6.22. The van der Waals surface area contributed by atoms with Crippen LogP contribution in [0.15, 0.2) is 42.5 Å². The molecular weight excluding hydrogens is 227 g/mol. The van der Waals surface area contributed by atoms with Gasteiger partial charge in [0.15, 0.2) is 11.6 Å². The van der Waals surface area contributed by atoms with Crippen LogP contribution in [0, 0.1) is 12.7 Å². The molecule has 0 bridgehead atoms. The van der Waals surface area contributed by atoms with Crippen LogP contribution in [0.5, 0.6) is 11.5 Å². The van der Waals surface area contributed by atoms with Crippen molar-refractivity contribution in [1.82, 2.24) is 0 Å². The molecule has 0 spiro atoms. The smallest absolute Gasteiger partial charge is 0.165 e. The van der Waals surface area contributed by atoms with Gasteiger partial charge in [0, 0.05) is 0 Å². The van der Waals surface area contributed by atoms with E-state index in [0.29, 0.717) is 5.75 Å². The molecule has 2 heteroatoms. The number of aryl methyl sites for hydroxylation is 2. The van der Waals surface area contributed by atoms with Crippen molar-refractivity contribution >= 4 is 0 Å². The molecule has 1 nitrogen and oxygen atoms in total. The third-order valence-electron chi connectivity index (χ3n) is 2.83. The maximum absolute atomic E-state index is 13.5. The van der Waals surface area contributed by atoms with Gasteiger partial charge in [-0.2, -0.15) is 0 Å². The molecule has 18 heavy (non-hydrogen) atoms. The Bertz CT molecular complexity index is 534. The summed E-state index contributed by atoms with van der Waals surface area (Å²) in [5.41, 5.74) is 2.32. The summed E-state index contributed by atoms with van der Waals surface area (Å²) in [7, 11) is 0. The van der Waals surface area contributed by atoms with E-state index in [0.717, 1.165) is 18.4 Å². The van der Waals surface area contributed by atoms with Gasteiger partial charge in [-0.3, -0.25) is 0 Å². The van der Waals surface area contributed by atoms with Crippen molar-refractivity contribution in [2.75, 3.05) is 0 Å². The molecule has 2 aromatic rings. The first-order valence-electron chi connectivity index (χ1n) is 6.22. The average Bonchev–Trinajstić information content (AvgIpc) is 2.35. The van der Waals surface area contributed by atoms with Gasteiger partial charge in [-0.05, 0) is 42.7 Å². The minimum Gasteiger partial charge on any atom is -0.454 e. The van der Waals surface area contributed by atoms with Gasteiger partial charge in [0.05, 0.1) is 0 Å². The Morgan fingerprint density at radius 2 is 1.83 bits per heavy atom. The van der Waals surface area contributed by atoms with E-state index in [-0.39, 0.29) is 11.6 Å². The fourth-order valence-corrected chi connectivity index (χ4v) is 1.92. The molecule has 0 aliphatic heterocycles. The van der Waals surface area contributed by atoms with Crippen molar-refractivity contribution in [3.8, 4) is 11.5 Å². The van der Waals surface area contributed by atoms with Gasteiger partial charge in [-0.1, -0.05) is 37.6 Å². The molecule has 0 unspecified atom stereocenters. The Labute approximate surface area is 107 Å². The highest BCUT2D eigenvalue weighted by Gasteiger charge is 2.06. The SMILES string of the molecule is CCCc1ccc(Oc2ccccc2F)c(C)c1. The summed E-state index contributed by atoms with van der Waals surface area (Å²) < 4.78 is 19.1. The molecule has 0 N–H and O–H groups in total. The molecule has 0 heterocycles. The number of benzene rings is 2. The molecule has 0 saturated carbocycles. The zero-order valence-electron chi connectivity index (χ0n) is 10.7. The summed E-state index contributed by atoms with van der Waals surface area (Å²) >= 11 is 0. The van der Waals surface area contributed by atoms with Crippen LogP contribution in [0.3, 0.4) is 0 Å². The van der Waals surface area contributed by atoms with E-state index in [2.05, 4.69) is 13.0 Å². The molecule has 0 aliphatic rings. The second-order valence-electron chi connectivity index (χ2n) is 4.38. The van der Waals surface area contributed by atoms with Gasteiger partial charge in [-0.15, -0.1) is 0 Å². The average molecular weight is 244 g/mol. The van der Waals surface area contributed by atoms with Crippen LogP contribution in [-0.4, -0.2) is 0 Å². The van der Waals surface area contributed by atoms with E-state index in [4.69, 9.17) is 4.74 Å². The van der Waals surface area contributed by atoms with Gasteiger partial charge < -0.3 is 4.74 Å². The van der Waals surface area contributed by atoms with E-state index in [1.54, 1.807) is 18.2 Å². The van der Waals surface area contributed by atoms with Crippen molar-refractivity contribution in [2.45, 2.75) is 26.7 Å². The summed E-state index contributed by atoms with van der Waals surface area (Å²) in [6.07, 6.45) is 2.17. The molecule has 0 amide bonds. The van der Waals surface area contributed by atoms with Crippen LogP contribution in [0.2, 0.25) is 0 Å². The van der Waals surface area contributed by atoms with Crippen LogP contribution in [0.25, 0.3) is 0 Å². The van der Waals surface area contributed by atoms with Gasteiger partial charge >= 0.3 is 0 Å². The van der Waals surface area contributed by atoms with E-state index in [9.17, 15) is 4.39 Å². The lowest BCUT2D eigenvalue weighted by Crippen LogP contribution is -1.92. The second kappa shape index (κ2) is 5.67. The summed E-state index contributed by atoms with van der Waals surface area (Å²) in [6.45, 7) is 4.13. The predicted molar refractivity (Wildman–Crippen MR) is 71.6 cm³/mol. The molecule has 94 valence electrons. The first-order chi connectivity index (χ1) is 8.70. The third-order valence-corrected chi connectivity index (χ3v) is 2.83. The summed E-state index contributed by atoms with van der Waals surface area (Å²) in [5, 5.41) is 0. The fraction of sp³-hybridized carbons (Fsp3) is 0.250. The number of rotatable bonds is 4. The maximum Gasteiger partial charge on any atom is 0.165 e. The van der Waals surface area contributed by atoms with Crippen molar-refractivity contribution in [2.24, 2.45) is 0 Å². The van der Waals surface area contributed by atoms with Crippen LogP contribution in [-0.2, 0) is 6.42 Å². The van der Waals surface area contributed by atoms with E-state index < -0.39 is 0 Å². The van der Waals surface area contributed by atoms with Crippen molar-refractivity contribution in [1.29, 1.82) is 0 Å². The minimum atomic E-state index is -0.338. The van der Waals surface area contributed by atoms with E-state index in [1.807, 2.05) is 19.1 Å². The van der Waals surface area contributed by atoms with Gasteiger partial charge in [0.1, 0.15) is 5.75 Å². The summed E-state index contributed by atoms with van der Waals surface area (Å²) in [5.74, 6) is 0.637. The summed E-state index contributed by atoms with van der Waals surface area (Å²) in [6, 6.07) is 12.5. The molecule has 2 rings (SSSR count). The van der Waals surface area contributed by atoms with Crippen molar-refractivity contribution in [3.63, 3.8) is 0 Å². The zero-order valence-corrected chi connectivity index (χ0v) is 10.7. The predicted octanol–water partition coefficient (Wildman–Crippen LogP) is 4.88. The van der Waals surface area contributed by atoms with E-state index in [1.165, 1.54) is 11.6 Å². The number of ether oxygens (including phenoxy) is 1. The number of para-hydroxylation sites is 1. The number of halogens is 1. The monoisotopic (exact) mass is 244 g/mol. The molecule has 2 aromatic carbocycles. The lowest BCUT2D eigenvalue weighted by Gasteiger charge is -2.10. The number of hydrogen-bond donors (Lipinski definition) is 0. The van der Waals surface area contributed by atoms with E-state index >= 15 is 0 Å². The van der Waals surface area contributed by atoms with Crippen LogP contribution < -0.4 is 4.74 Å². The van der Waals surface area contributed by atoms with Crippen LogP contribution in [0.1, 0.15) is 24.5 Å². The molecule has 0 atom stereocenters. The molecule has 0 aliphatic carbocycles. The minimum absolute atomic E-state index is 0.267. The Morgan fingerprint density at radius 3 is 2.50 bits per heavy atom. The lowest BCUT2D eigenvalue weighted by atomic mass is 10.1. The Morgan fingerprint density at radius 1 is 1.06 bits per heavy atom. The maximum atomic E-state index is 13.5. The number of hydrogen-bond acceptors (Lipinski definition) is 1. The molecular formula is C16H17FO. The van der Waals surface area contributed by atoms with Crippen molar-refractivity contribution < 1.29 is 9.13 Å². The quantitative estimate of drug-likeness (QED) is 0.744. The topological polar surface area (TPSA) is 9.23 Å². The van der Waals surface area contributed by atoms with Crippen LogP contribution in [0.4, 0.5) is 4.39 Å². The molecule has 0 aromatic heterocycles. The second-order valence-corrected chi connectivity index (χ2v) is 4.38. The highest BCUT2D eigenvalue weighted by molar-refractivity contribution is 5.40. The molecule has 0 radical (unpaired) electrons. The third kappa shape index (κ3) is 2.89. The first kappa shape index (κ1) is 12.6. The Hall–Kier alpha value is -1.83. The normalized spacial score (nSPS) is 10.4. The standard InChI is InChI=1S/C16H17FO/c1-3-6-13-9-10-15(12(2)11-13)18-16-8-5-4-7-14(16)17/h4-5,7-11H,3,6H2,1-2H3. The highest BCUT2D eigenvalue weighted by Crippen LogP contribution is 2.27. The zero-order chi connectivity index (χ0) is 13.0. The lowest BCUT2D eigenvalue weighted by molar-refractivity contribution is 0.439. The summed E-state index contributed by atoms with van der Waals surface area (Å²) in [4.78, 5) is 0. The molecule has 0 saturated heterocycles. The fourth-order valence-electron chi connectivity index (χ4n) is 1.92. The van der Waals surface area contributed by atoms with Crippen molar-refractivity contribution in [3.05, 3.63) is 59.4 Å².